The minimum atomic E-state index is -0.489. The number of thioether (sulfide) groups is 1. The minimum absolute atomic E-state index is 0.112. The van der Waals surface area contributed by atoms with E-state index in [1.54, 1.807) is 4.90 Å². The fraction of sp³-hybridized carbons (Fsp3) is 0.591. The van der Waals surface area contributed by atoms with Gasteiger partial charge in [0, 0.05) is 38.4 Å². The number of carbonyl (C=O) groups is 3. The number of piperazine rings is 1. The van der Waals surface area contributed by atoms with Crippen LogP contribution in [0.3, 0.4) is 0 Å². The Morgan fingerprint density at radius 3 is 2.28 bits per heavy atom. The van der Waals surface area contributed by atoms with Gasteiger partial charge in [0.15, 0.2) is 0 Å². The van der Waals surface area contributed by atoms with Gasteiger partial charge in [-0.1, -0.05) is 0 Å². The van der Waals surface area contributed by atoms with Crippen molar-refractivity contribution in [2.24, 2.45) is 0 Å². The van der Waals surface area contributed by atoms with Gasteiger partial charge in [0.25, 0.3) is 0 Å². The van der Waals surface area contributed by atoms with Gasteiger partial charge in [-0.2, -0.15) is 0 Å². The molecule has 10 heteroatoms. The summed E-state index contributed by atoms with van der Waals surface area (Å²) in [7, 11) is 0. The molecule has 178 valence electrons. The third-order valence-electron chi connectivity index (χ3n) is 4.59. The molecule has 2 N–H and O–H groups in total. The van der Waals surface area contributed by atoms with Gasteiger partial charge < -0.3 is 20.3 Å². The quantitative estimate of drug-likeness (QED) is 0.542. The van der Waals surface area contributed by atoms with Crippen molar-refractivity contribution in [3.8, 4) is 0 Å². The summed E-state index contributed by atoms with van der Waals surface area (Å²) in [5.74, 6) is -0.366. The highest BCUT2D eigenvalue weighted by Crippen LogP contribution is 2.12. The molecule has 0 aliphatic carbocycles. The van der Waals surface area contributed by atoms with Crippen LogP contribution in [0.1, 0.15) is 27.2 Å². The smallest absolute Gasteiger partial charge is 0.410 e. The monoisotopic (exact) mass is 468 g/mol. The third-order valence-corrected chi connectivity index (χ3v) is 5.52. The molecule has 1 aliphatic heterocycles. The molecule has 1 heterocycles. The lowest BCUT2D eigenvalue weighted by molar-refractivity contribution is -0.118. The van der Waals surface area contributed by atoms with Crippen molar-refractivity contribution < 1.29 is 23.5 Å². The van der Waals surface area contributed by atoms with E-state index in [0.717, 1.165) is 26.1 Å². The third kappa shape index (κ3) is 10.3. The topological polar surface area (TPSA) is 91.0 Å². The Bertz CT molecular complexity index is 762. The van der Waals surface area contributed by atoms with E-state index in [-0.39, 0.29) is 35.2 Å². The average molecular weight is 469 g/mol. The van der Waals surface area contributed by atoms with E-state index in [9.17, 15) is 18.8 Å². The Kier molecular flexibility index (Phi) is 10.2. The second-order valence-corrected chi connectivity index (χ2v) is 9.55. The van der Waals surface area contributed by atoms with Crippen LogP contribution >= 0.6 is 11.8 Å². The summed E-state index contributed by atoms with van der Waals surface area (Å²) in [6.07, 6.45) is 0.543. The van der Waals surface area contributed by atoms with Crippen LogP contribution in [0.25, 0.3) is 0 Å². The van der Waals surface area contributed by atoms with Gasteiger partial charge in [0.2, 0.25) is 11.8 Å². The van der Waals surface area contributed by atoms with E-state index >= 15 is 0 Å². The predicted molar refractivity (Wildman–Crippen MR) is 124 cm³/mol. The molecule has 0 spiro atoms. The van der Waals surface area contributed by atoms with Gasteiger partial charge >= 0.3 is 6.09 Å². The number of amides is 3. The summed E-state index contributed by atoms with van der Waals surface area (Å²) in [6.45, 7) is 9.82. The summed E-state index contributed by atoms with van der Waals surface area (Å²) in [4.78, 5) is 39.9. The van der Waals surface area contributed by atoms with Crippen LogP contribution < -0.4 is 10.6 Å². The van der Waals surface area contributed by atoms with Crippen LogP contribution in [0, 0.1) is 5.82 Å². The van der Waals surface area contributed by atoms with Gasteiger partial charge in [-0.3, -0.25) is 14.5 Å². The zero-order valence-electron chi connectivity index (χ0n) is 19.0. The van der Waals surface area contributed by atoms with Crippen molar-refractivity contribution in [2.75, 3.05) is 56.1 Å². The Labute approximate surface area is 193 Å². The molecular formula is C22H33FN4O4S. The zero-order valence-corrected chi connectivity index (χ0v) is 19.8. The summed E-state index contributed by atoms with van der Waals surface area (Å²) >= 11 is 1.23. The lowest BCUT2D eigenvalue weighted by Gasteiger charge is -2.35. The Balaban J connectivity index is 1.50. The molecule has 0 bridgehead atoms. The second kappa shape index (κ2) is 12.6. The first-order valence-electron chi connectivity index (χ1n) is 10.7. The molecule has 0 unspecified atom stereocenters. The van der Waals surface area contributed by atoms with E-state index in [4.69, 9.17) is 4.74 Å². The van der Waals surface area contributed by atoms with Crippen LogP contribution in [-0.2, 0) is 14.3 Å². The molecule has 0 radical (unpaired) electrons. The van der Waals surface area contributed by atoms with Crippen LogP contribution in [0.2, 0.25) is 0 Å². The number of benzene rings is 1. The van der Waals surface area contributed by atoms with E-state index in [0.29, 0.717) is 25.3 Å². The SMILES string of the molecule is CC(C)(C)OC(=O)N1CCN(CCCNC(=O)CSCC(=O)Nc2ccc(F)cc2)CC1. The molecule has 1 saturated heterocycles. The van der Waals surface area contributed by atoms with Crippen LogP contribution in [0.15, 0.2) is 24.3 Å². The van der Waals surface area contributed by atoms with Crippen LogP contribution in [0.4, 0.5) is 14.9 Å². The van der Waals surface area contributed by atoms with Crippen molar-refractivity contribution >= 4 is 35.4 Å². The first-order valence-corrected chi connectivity index (χ1v) is 11.9. The molecule has 3 amide bonds. The van der Waals surface area contributed by atoms with Crippen LogP contribution in [0.5, 0.6) is 0 Å². The van der Waals surface area contributed by atoms with Gasteiger partial charge in [-0.05, 0) is 58.0 Å². The fourth-order valence-electron chi connectivity index (χ4n) is 3.03. The first-order chi connectivity index (χ1) is 15.1. The predicted octanol–water partition coefficient (Wildman–Crippen LogP) is 2.56. The maximum atomic E-state index is 12.9. The number of hydrogen-bond acceptors (Lipinski definition) is 6. The molecule has 32 heavy (non-hydrogen) atoms. The Morgan fingerprint density at radius 1 is 1.03 bits per heavy atom. The number of ether oxygens (including phenoxy) is 1. The number of rotatable bonds is 9. The number of nitrogens with one attached hydrogen (secondary N) is 2. The lowest BCUT2D eigenvalue weighted by atomic mass is 10.2. The molecule has 0 atom stereocenters. The standard InChI is InChI=1S/C22H33FN4O4S/c1-22(2,3)31-21(30)27-13-11-26(12-14-27)10-4-9-24-19(28)15-32-16-20(29)25-18-7-5-17(23)6-8-18/h5-8H,4,9-16H2,1-3H3,(H,24,28)(H,25,29). The maximum absolute atomic E-state index is 12.9. The average Bonchev–Trinajstić information content (AvgIpc) is 2.72. The molecule has 0 aromatic heterocycles. The summed E-state index contributed by atoms with van der Waals surface area (Å²) < 4.78 is 18.3. The van der Waals surface area contributed by atoms with Crippen LogP contribution in [-0.4, -0.2) is 84.1 Å². The number of nitrogens with zero attached hydrogens (tertiary/aromatic N) is 2. The van der Waals surface area contributed by atoms with Gasteiger partial charge in [0.1, 0.15) is 11.4 Å². The van der Waals surface area contributed by atoms with Crippen molar-refractivity contribution in [1.29, 1.82) is 0 Å². The summed E-state index contributed by atoms with van der Waals surface area (Å²) in [6, 6.07) is 5.53. The molecule has 1 aromatic rings. The first kappa shape index (κ1) is 25.9. The van der Waals surface area contributed by atoms with E-state index in [1.807, 2.05) is 20.8 Å². The number of halogens is 1. The van der Waals surface area contributed by atoms with Crippen molar-refractivity contribution in [3.05, 3.63) is 30.1 Å². The van der Waals surface area contributed by atoms with Crippen molar-refractivity contribution in [2.45, 2.75) is 32.8 Å². The molecule has 1 fully saturated rings. The molecule has 0 saturated carbocycles. The number of carbonyl (C=O) groups excluding carboxylic acids is 3. The Hall–Kier alpha value is -2.33. The lowest BCUT2D eigenvalue weighted by Crippen LogP contribution is -2.50. The molecular weight excluding hydrogens is 435 g/mol. The maximum Gasteiger partial charge on any atom is 0.410 e. The fourth-order valence-corrected chi connectivity index (χ4v) is 3.68. The van der Waals surface area contributed by atoms with Crippen molar-refractivity contribution in [1.82, 2.24) is 15.1 Å². The summed E-state index contributed by atoms with van der Waals surface area (Å²) in [5, 5.41) is 5.52. The highest BCUT2D eigenvalue weighted by molar-refractivity contribution is 8.00. The molecule has 1 aromatic carbocycles. The van der Waals surface area contributed by atoms with E-state index in [2.05, 4.69) is 15.5 Å². The number of hydrogen-bond donors (Lipinski definition) is 2. The second-order valence-electron chi connectivity index (χ2n) is 8.56. The number of anilines is 1. The zero-order chi connectivity index (χ0) is 23.6. The van der Waals surface area contributed by atoms with Gasteiger partial charge in [0.05, 0.1) is 11.5 Å². The van der Waals surface area contributed by atoms with Gasteiger partial charge in [-0.15, -0.1) is 11.8 Å². The Morgan fingerprint density at radius 2 is 1.66 bits per heavy atom. The van der Waals surface area contributed by atoms with E-state index in [1.165, 1.54) is 36.0 Å². The minimum Gasteiger partial charge on any atom is -0.444 e. The molecule has 8 nitrogen and oxygen atoms in total. The summed E-state index contributed by atoms with van der Waals surface area (Å²) in [5.41, 5.74) is 0.0327. The highest BCUT2D eigenvalue weighted by atomic mass is 32.2. The van der Waals surface area contributed by atoms with E-state index < -0.39 is 5.60 Å². The largest absolute Gasteiger partial charge is 0.444 e. The van der Waals surface area contributed by atoms with Gasteiger partial charge in [-0.25, -0.2) is 9.18 Å². The van der Waals surface area contributed by atoms with Crippen molar-refractivity contribution in [3.63, 3.8) is 0 Å². The molecule has 2 rings (SSSR count). The highest BCUT2D eigenvalue weighted by Gasteiger charge is 2.25. The molecule has 1 aliphatic rings. The normalized spacial score (nSPS) is 14.7.